The van der Waals surface area contributed by atoms with Crippen LogP contribution >= 0.6 is 12.2 Å². The second-order valence-electron chi connectivity index (χ2n) is 4.26. The van der Waals surface area contributed by atoms with Crippen LogP contribution in [0.5, 0.6) is 0 Å². The van der Waals surface area contributed by atoms with E-state index in [-0.39, 0.29) is 16.4 Å². The predicted octanol–water partition coefficient (Wildman–Crippen LogP) is 2.30. The Kier molecular flexibility index (Phi) is 4.11. The number of rotatable bonds is 4. The van der Waals surface area contributed by atoms with E-state index in [2.05, 4.69) is 22.5 Å². The van der Waals surface area contributed by atoms with Crippen LogP contribution in [0.4, 0.5) is 0 Å². The van der Waals surface area contributed by atoms with Crippen LogP contribution in [-0.2, 0) is 0 Å². The normalized spacial score (nSPS) is 12.1. The van der Waals surface area contributed by atoms with Crippen molar-refractivity contribution >= 4 is 12.2 Å². The number of aromatic amines is 1. The molecule has 0 unspecified atom stereocenters. The summed E-state index contributed by atoms with van der Waals surface area (Å²) in [6.45, 7) is 3.70. The third-order valence-corrected chi connectivity index (χ3v) is 3.20. The first kappa shape index (κ1) is 13.5. The Balaban J connectivity index is 2.37. The van der Waals surface area contributed by atoms with Crippen molar-refractivity contribution in [3.05, 3.63) is 56.7 Å². The monoisotopic (exact) mass is 276 g/mol. The number of nitrogens with zero attached hydrogens (tertiary/aromatic N) is 2. The molecule has 1 aromatic carbocycles. The van der Waals surface area contributed by atoms with Crippen molar-refractivity contribution in [2.24, 2.45) is 0 Å². The van der Waals surface area contributed by atoms with Crippen molar-refractivity contribution in [2.75, 3.05) is 5.43 Å². The minimum absolute atomic E-state index is 0.0239. The number of H-pyrrole nitrogens is 1. The maximum Gasteiger partial charge on any atom is 0.294 e. The van der Waals surface area contributed by atoms with E-state index in [0.717, 1.165) is 12.0 Å². The van der Waals surface area contributed by atoms with Gasteiger partial charge in [-0.3, -0.25) is 9.89 Å². The van der Waals surface area contributed by atoms with Crippen molar-refractivity contribution in [1.82, 2.24) is 14.9 Å². The van der Waals surface area contributed by atoms with Gasteiger partial charge in [0.25, 0.3) is 5.56 Å². The van der Waals surface area contributed by atoms with Crippen LogP contribution in [0.25, 0.3) is 0 Å². The minimum Gasteiger partial charge on any atom is -0.313 e. The van der Waals surface area contributed by atoms with Crippen LogP contribution in [0.15, 0.2) is 35.1 Å². The van der Waals surface area contributed by atoms with Crippen LogP contribution in [0, 0.1) is 11.7 Å². The van der Waals surface area contributed by atoms with Gasteiger partial charge in [-0.25, -0.2) is 0 Å². The first-order valence-corrected chi connectivity index (χ1v) is 6.54. The summed E-state index contributed by atoms with van der Waals surface area (Å²) < 4.78 is 1.61. The topological polar surface area (TPSA) is 62.7 Å². The molecule has 19 heavy (non-hydrogen) atoms. The third-order valence-electron chi connectivity index (χ3n) is 2.93. The molecular weight excluding hydrogens is 260 g/mol. The van der Waals surface area contributed by atoms with Gasteiger partial charge in [-0.05, 0) is 31.1 Å². The molecule has 1 aromatic heterocycles. The van der Waals surface area contributed by atoms with Gasteiger partial charge < -0.3 is 5.43 Å². The number of benzene rings is 1. The zero-order valence-electron chi connectivity index (χ0n) is 10.9. The molecule has 0 spiro atoms. The Morgan fingerprint density at radius 3 is 2.74 bits per heavy atom. The zero-order valence-corrected chi connectivity index (χ0v) is 11.7. The molecule has 0 aliphatic rings. The van der Waals surface area contributed by atoms with E-state index in [1.807, 2.05) is 30.3 Å². The van der Waals surface area contributed by atoms with Crippen LogP contribution in [0.2, 0.25) is 0 Å². The molecule has 0 saturated heterocycles. The van der Waals surface area contributed by atoms with Crippen LogP contribution in [0.1, 0.15) is 30.6 Å². The molecular formula is C13H16N4OS. The van der Waals surface area contributed by atoms with Gasteiger partial charge in [0.1, 0.15) is 5.69 Å². The van der Waals surface area contributed by atoms with Gasteiger partial charge in [0, 0.05) is 0 Å². The lowest BCUT2D eigenvalue weighted by Crippen LogP contribution is -2.34. The maximum absolute atomic E-state index is 12.0. The van der Waals surface area contributed by atoms with Crippen LogP contribution in [0.3, 0.4) is 0 Å². The Labute approximate surface area is 116 Å². The van der Waals surface area contributed by atoms with Crippen molar-refractivity contribution in [2.45, 2.75) is 26.3 Å². The summed E-state index contributed by atoms with van der Waals surface area (Å²) in [5.41, 5.74) is 4.42. The largest absolute Gasteiger partial charge is 0.313 e. The molecule has 100 valence electrons. The van der Waals surface area contributed by atoms with E-state index in [9.17, 15) is 4.79 Å². The summed E-state index contributed by atoms with van der Waals surface area (Å²) in [6, 6.07) is 9.98. The summed E-state index contributed by atoms with van der Waals surface area (Å²) in [4.78, 5) is 12.0. The van der Waals surface area contributed by atoms with E-state index in [4.69, 9.17) is 12.2 Å². The Morgan fingerprint density at radius 1 is 1.42 bits per heavy atom. The van der Waals surface area contributed by atoms with E-state index in [0.29, 0.717) is 5.69 Å². The smallest absolute Gasteiger partial charge is 0.294 e. The molecule has 2 N–H and O–H groups in total. The minimum atomic E-state index is -0.224. The number of nitrogens with one attached hydrogen (secondary N) is 2. The molecule has 6 heteroatoms. The number of hydrogen-bond donors (Lipinski definition) is 2. The lowest BCUT2D eigenvalue weighted by molar-refractivity contribution is 0.611. The lowest BCUT2D eigenvalue weighted by Gasteiger charge is -2.19. The second kappa shape index (κ2) is 5.79. The quantitative estimate of drug-likeness (QED) is 0.841. The lowest BCUT2D eigenvalue weighted by atomic mass is 10.1. The number of hydrogen-bond acceptors (Lipinski definition) is 4. The van der Waals surface area contributed by atoms with E-state index in [1.54, 1.807) is 6.92 Å². The van der Waals surface area contributed by atoms with Crippen LogP contribution < -0.4 is 11.0 Å². The van der Waals surface area contributed by atoms with E-state index < -0.39 is 0 Å². The highest BCUT2D eigenvalue weighted by atomic mass is 32.1. The molecule has 5 nitrogen and oxygen atoms in total. The SMILES string of the molecule is CC[C@H](Nn1c(=S)[nH]nc(C)c1=O)c1ccccc1. The van der Waals surface area contributed by atoms with E-state index in [1.165, 1.54) is 4.68 Å². The van der Waals surface area contributed by atoms with Crippen molar-refractivity contribution in [3.63, 3.8) is 0 Å². The molecule has 0 aliphatic carbocycles. The van der Waals surface area contributed by atoms with Gasteiger partial charge in [-0.1, -0.05) is 37.3 Å². The van der Waals surface area contributed by atoms with Crippen molar-refractivity contribution in [1.29, 1.82) is 0 Å². The molecule has 1 atom stereocenters. The van der Waals surface area contributed by atoms with Gasteiger partial charge in [0.2, 0.25) is 4.77 Å². The fourth-order valence-corrected chi connectivity index (χ4v) is 2.02. The highest BCUT2D eigenvalue weighted by molar-refractivity contribution is 7.71. The molecule has 0 radical (unpaired) electrons. The molecule has 0 fully saturated rings. The summed E-state index contributed by atoms with van der Waals surface area (Å²) in [6.07, 6.45) is 0.840. The third kappa shape index (κ3) is 2.90. The summed E-state index contributed by atoms with van der Waals surface area (Å²) in [5, 5.41) is 6.50. The average Bonchev–Trinajstić information content (AvgIpc) is 2.44. The summed E-state index contributed by atoms with van der Waals surface area (Å²) in [7, 11) is 0. The fourth-order valence-electron chi connectivity index (χ4n) is 1.84. The predicted molar refractivity (Wildman–Crippen MR) is 77.3 cm³/mol. The Bertz CT molecular complexity index is 662. The van der Waals surface area contributed by atoms with Gasteiger partial charge in [0.05, 0.1) is 6.04 Å². The number of aromatic nitrogens is 3. The summed E-state index contributed by atoms with van der Waals surface area (Å²) >= 11 is 5.10. The standard InChI is InChI=1S/C13H16N4OS/c1-3-11(10-7-5-4-6-8-10)16-17-12(18)9(2)14-15-13(17)19/h4-8,11,16H,3H2,1-2H3,(H,15,19)/t11-/m0/s1. The first-order chi connectivity index (χ1) is 9.13. The molecule has 0 amide bonds. The second-order valence-corrected chi connectivity index (χ2v) is 4.64. The molecule has 2 aromatic rings. The molecule has 0 saturated carbocycles. The van der Waals surface area contributed by atoms with Gasteiger partial charge in [0.15, 0.2) is 0 Å². The maximum atomic E-state index is 12.0. The zero-order chi connectivity index (χ0) is 13.8. The fraction of sp³-hybridized carbons (Fsp3) is 0.308. The summed E-state index contributed by atoms with van der Waals surface area (Å²) in [5.74, 6) is 0. The van der Waals surface area contributed by atoms with E-state index >= 15 is 0 Å². The van der Waals surface area contributed by atoms with Crippen molar-refractivity contribution < 1.29 is 0 Å². The molecule has 0 bridgehead atoms. The molecule has 0 aliphatic heterocycles. The first-order valence-electron chi connectivity index (χ1n) is 6.13. The number of aryl methyl sites for hydroxylation is 1. The Hall–Kier alpha value is -1.95. The van der Waals surface area contributed by atoms with Crippen molar-refractivity contribution in [3.8, 4) is 0 Å². The molecule has 2 rings (SSSR count). The highest BCUT2D eigenvalue weighted by Crippen LogP contribution is 2.16. The molecule has 1 heterocycles. The van der Waals surface area contributed by atoms with Gasteiger partial charge in [-0.2, -0.15) is 9.77 Å². The van der Waals surface area contributed by atoms with Gasteiger partial charge >= 0.3 is 0 Å². The average molecular weight is 276 g/mol. The highest BCUT2D eigenvalue weighted by Gasteiger charge is 2.11. The Morgan fingerprint density at radius 2 is 2.11 bits per heavy atom. The van der Waals surface area contributed by atoms with Crippen LogP contribution in [-0.4, -0.2) is 14.9 Å². The van der Waals surface area contributed by atoms with Gasteiger partial charge in [-0.15, -0.1) is 0 Å².